The van der Waals surface area contributed by atoms with Gasteiger partial charge in [0, 0.05) is 88.1 Å². The zero-order valence-corrected chi connectivity index (χ0v) is 34.5. The fourth-order valence-electron chi connectivity index (χ4n) is 9.72. The standard InChI is InChI=1S/C46H55N9O6/c47-45-40(27-39(49-50-45)38-6-1-2-7-41(38)56)54-28-34-10-11-35(29-54)55(34)33-4-3-5-37(26-33)60-25-24-51-20-22-53(23-21-51)44(58)30-52-18-16-32(17-19-52)31-8-12-36(13-9-31)61-42-14-15-43(57)48-46(42)59/h1-9,12-13,26-27,32,34-35,42,56H,10-11,14-25,28-30H2,(H2,47,50)(H,48,57,59). The molecule has 9 rings (SSSR count). The highest BCUT2D eigenvalue weighted by Crippen LogP contribution is 2.40. The fourth-order valence-corrected chi connectivity index (χ4v) is 9.72. The zero-order chi connectivity index (χ0) is 41.9. The summed E-state index contributed by atoms with van der Waals surface area (Å²) in [5.41, 5.74) is 10.9. The van der Waals surface area contributed by atoms with Crippen LogP contribution in [0.2, 0.25) is 0 Å². The summed E-state index contributed by atoms with van der Waals surface area (Å²) in [7, 11) is 0. The zero-order valence-electron chi connectivity index (χ0n) is 34.5. The molecule has 0 saturated carbocycles. The number of benzene rings is 3. The number of aromatic nitrogens is 2. The molecule has 6 heterocycles. The molecule has 320 valence electrons. The van der Waals surface area contributed by atoms with Gasteiger partial charge in [0.15, 0.2) is 11.9 Å². The normalized spacial score (nSPS) is 22.6. The van der Waals surface area contributed by atoms with Crippen LogP contribution < -0.4 is 30.3 Å². The van der Waals surface area contributed by atoms with Gasteiger partial charge in [-0.15, -0.1) is 10.2 Å². The second-order valence-electron chi connectivity index (χ2n) is 17.0. The molecule has 3 atom stereocenters. The number of aromatic hydroxyl groups is 1. The lowest BCUT2D eigenvalue weighted by Gasteiger charge is -2.43. The van der Waals surface area contributed by atoms with Crippen molar-refractivity contribution in [2.75, 3.05) is 87.6 Å². The summed E-state index contributed by atoms with van der Waals surface area (Å²) in [4.78, 5) is 48.3. The quantitative estimate of drug-likeness (QED) is 0.176. The topological polar surface area (TPSA) is 170 Å². The number of imide groups is 1. The van der Waals surface area contributed by atoms with E-state index in [4.69, 9.17) is 15.2 Å². The van der Waals surface area contributed by atoms with Crippen LogP contribution in [0.25, 0.3) is 11.3 Å². The maximum Gasteiger partial charge on any atom is 0.267 e. The van der Waals surface area contributed by atoms with Crippen molar-refractivity contribution >= 4 is 34.9 Å². The van der Waals surface area contributed by atoms with Crippen molar-refractivity contribution in [3.05, 3.63) is 84.4 Å². The highest BCUT2D eigenvalue weighted by molar-refractivity contribution is 5.99. The van der Waals surface area contributed by atoms with Crippen molar-refractivity contribution < 1.29 is 29.0 Å². The number of rotatable bonds is 12. The van der Waals surface area contributed by atoms with Gasteiger partial charge in [-0.2, -0.15) is 0 Å². The minimum Gasteiger partial charge on any atom is -0.507 e. The van der Waals surface area contributed by atoms with E-state index < -0.39 is 6.10 Å². The Morgan fingerprint density at radius 1 is 0.803 bits per heavy atom. The number of carbonyl (C=O) groups excluding carboxylic acids is 3. The molecule has 4 N–H and O–H groups in total. The average molecular weight is 830 g/mol. The summed E-state index contributed by atoms with van der Waals surface area (Å²) < 4.78 is 12.2. The SMILES string of the molecule is Nc1nnc(-c2ccccc2O)cc1N1CC2CCC(C1)N2c1cccc(OCCN2CCN(C(=O)CN3CCC(c4ccc(OC5CCC(=O)NC5=O)cc4)CC3)CC2)c1. The highest BCUT2D eigenvalue weighted by atomic mass is 16.5. The number of phenolic OH excluding ortho intramolecular Hbond substituents is 1. The summed E-state index contributed by atoms with van der Waals surface area (Å²) in [6.07, 6.45) is 4.19. The first-order valence-corrected chi connectivity index (χ1v) is 21.7. The predicted octanol–water partition coefficient (Wildman–Crippen LogP) is 3.88. The van der Waals surface area contributed by atoms with Crippen LogP contribution in [0.3, 0.4) is 0 Å². The number of para-hydroxylation sites is 1. The smallest absolute Gasteiger partial charge is 0.267 e. The molecule has 3 aromatic carbocycles. The van der Waals surface area contributed by atoms with Gasteiger partial charge in [0.2, 0.25) is 11.8 Å². The number of likely N-dealkylation sites (tertiary alicyclic amines) is 1. The molecule has 61 heavy (non-hydrogen) atoms. The fraction of sp³-hybridized carbons (Fsp3) is 0.457. The lowest BCUT2D eigenvalue weighted by Crippen LogP contribution is -2.54. The summed E-state index contributed by atoms with van der Waals surface area (Å²) in [5.74, 6) is 2.04. The number of piperidine rings is 2. The molecule has 2 bridgehead atoms. The third-order valence-corrected chi connectivity index (χ3v) is 13.1. The summed E-state index contributed by atoms with van der Waals surface area (Å²) in [5, 5.41) is 21.3. The third kappa shape index (κ3) is 9.22. The molecule has 15 nitrogen and oxygen atoms in total. The molecular formula is C46H55N9O6. The maximum atomic E-state index is 13.3. The number of fused-ring (bicyclic) bond motifs is 2. The summed E-state index contributed by atoms with van der Waals surface area (Å²) >= 11 is 0. The first kappa shape index (κ1) is 40.5. The van der Waals surface area contributed by atoms with Gasteiger partial charge in [-0.05, 0) is 92.7 Å². The number of nitrogens with zero attached hydrogens (tertiary/aromatic N) is 7. The van der Waals surface area contributed by atoms with Gasteiger partial charge in [-0.1, -0.05) is 30.3 Å². The van der Waals surface area contributed by atoms with Gasteiger partial charge >= 0.3 is 0 Å². The van der Waals surface area contributed by atoms with E-state index in [1.165, 1.54) is 11.3 Å². The number of nitrogen functional groups attached to an aromatic ring is 1. The number of amides is 3. The molecule has 3 unspecified atom stereocenters. The van der Waals surface area contributed by atoms with Crippen LogP contribution >= 0.6 is 0 Å². The number of nitrogens with two attached hydrogens (primary N) is 1. The Kier molecular flexibility index (Phi) is 11.9. The van der Waals surface area contributed by atoms with Gasteiger partial charge in [-0.25, -0.2) is 0 Å². The largest absolute Gasteiger partial charge is 0.507 e. The monoisotopic (exact) mass is 829 g/mol. The van der Waals surface area contributed by atoms with Crippen molar-refractivity contribution in [1.29, 1.82) is 0 Å². The molecule has 5 saturated heterocycles. The lowest BCUT2D eigenvalue weighted by molar-refractivity contribution is -0.139. The van der Waals surface area contributed by atoms with E-state index in [9.17, 15) is 19.5 Å². The average Bonchev–Trinajstić information content (AvgIpc) is 3.54. The van der Waals surface area contributed by atoms with Gasteiger partial charge < -0.3 is 35.0 Å². The first-order valence-electron chi connectivity index (χ1n) is 21.7. The van der Waals surface area contributed by atoms with Crippen LogP contribution in [-0.4, -0.2) is 138 Å². The molecule has 5 fully saturated rings. The van der Waals surface area contributed by atoms with Crippen LogP contribution in [0.5, 0.6) is 17.2 Å². The maximum absolute atomic E-state index is 13.3. The Balaban J connectivity index is 0.693. The number of piperazine rings is 2. The number of ether oxygens (including phenoxy) is 2. The molecule has 1 aromatic heterocycles. The summed E-state index contributed by atoms with van der Waals surface area (Å²) in [6, 6.07) is 26.1. The minimum atomic E-state index is -0.639. The first-order chi connectivity index (χ1) is 29.7. The van der Waals surface area contributed by atoms with E-state index in [1.807, 2.05) is 41.3 Å². The number of anilines is 3. The number of hydrogen-bond acceptors (Lipinski definition) is 13. The molecule has 0 aliphatic carbocycles. The molecule has 15 heteroatoms. The van der Waals surface area contributed by atoms with E-state index >= 15 is 0 Å². The van der Waals surface area contributed by atoms with E-state index in [1.54, 1.807) is 12.1 Å². The van der Waals surface area contributed by atoms with E-state index in [-0.39, 0.29) is 29.9 Å². The number of hydrogen-bond donors (Lipinski definition) is 3. The Morgan fingerprint density at radius 3 is 2.30 bits per heavy atom. The van der Waals surface area contributed by atoms with Crippen molar-refractivity contribution in [2.24, 2.45) is 0 Å². The van der Waals surface area contributed by atoms with Crippen molar-refractivity contribution in [2.45, 2.75) is 62.6 Å². The van der Waals surface area contributed by atoms with Gasteiger partial charge in [-0.3, -0.25) is 29.5 Å². The minimum absolute atomic E-state index is 0.165. The van der Waals surface area contributed by atoms with Gasteiger partial charge in [0.25, 0.3) is 5.91 Å². The number of nitrogens with one attached hydrogen (secondary N) is 1. The van der Waals surface area contributed by atoms with Crippen LogP contribution in [0, 0.1) is 0 Å². The van der Waals surface area contributed by atoms with E-state index in [0.717, 1.165) is 96.0 Å². The molecular weight excluding hydrogens is 775 g/mol. The predicted molar refractivity (Wildman–Crippen MR) is 232 cm³/mol. The van der Waals surface area contributed by atoms with Crippen LogP contribution in [-0.2, 0) is 14.4 Å². The molecule has 4 aromatic rings. The van der Waals surface area contributed by atoms with Gasteiger partial charge in [0.05, 0.1) is 17.9 Å². The van der Waals surface area contributed by atoms with E-state index in [0.29, 0.717) is 60.4 Å². The second kappa shape index (κ2) is 18.0. The summed E-state index contributed by atoms with van der Waals surface area (Å²) in [6.45, 7) is 8.34. The Hall–Kier alpha value is -5.93. The molecule has 0 spiro atoms. The Bertz CT molecular complexity index is 2190. The van der Waals surface area contributed by atoms with E-state index in [2.05, 4.69) is 65.4 Å². The van der Waals surface area contributed by atoms with Crippen molar-refractivity contribution in [1.82, 2.24) is 30.2 Å². The van der Waals surface area contributed by atoms with Crippen molar-refractivity contribution in [3.63, 3.8) is 0 Å². The number of carbonyl (C=O) groups is 3. The van der Waals surface area contributed by atoms with Crippen molar-refractivity contribution in [3.8, 4) is 28.5 Å². The van der Waals surface area contributed by atoms with Crippen LogP contribution in [0.15, 0.2) is 78.9 Å². The van der Waals surface area contributed by atoms with Crippen LogP contribution in [0.4, 0.5) is 17.2 Å². The Labute approximate surface area is 356 Å². The number of phenols is 1. The lowest BCUT2D eigenvalue weighted by atomic mass is 9.89. The van der Waals surface area contributed by atoms with Gasteiger partial charge in [0.1, 0.15) is 23.9 Å². The molecule has 3 amide bonds. The Morgan fingerprint density at radius 2 is 1.56 bits per heavy atom. The second-order valence-corrected chi connectivity index (χ2v) is 17.0. The highest BCUT2D eigenvalue weighted by Gasteiger charge is 2.41. The molecule has 5 aliphatic rings. The third-order valence-electron chi connectivity index (χ3n) is 13.1. The molecule has 0 radical (unpaired) electrons. The molecule has 5 aliphatic heterocycles. The van der Waals surface area contributed by atoms with Crippen LogP contribution in [0.1, 0.15) is 50.0 Å².